The minimum atomic E-state index is 0.667. The van der Waals surface area contributed by atoms with Crippen molar-refractivity contribution >= 4 is 12.6 Å². The second kappa shape index (κ2) is 3.09. The third-order valence-electron chi connectivity index (χ3n) is 0.118. The summed E-state index contributed by atoms with van der Waals surface area (Å²) in [6.45, 7) is 3.38. The lowest BCUT2D eigenvalue weighted by atomic mass is 11.1. The molecule has 0 nitrogen and oxygen atoms in total. The molecule has 0 saturated heterocycles. The minimum absolute atomic E-state index is 0.667. The van der Waals surface area contributed by atoms with Crippen molar-refractivity contribution in [3.8, 4) is 0 Å². The summed E-state index contributed by atoms with van der Waals surface area (Å²) >= 11 is 4.44. The van der Waals surface area contributed by atoms with E-state index in [0.29, 0.717) is 5.75 Å². The number of rotatable bonds is 1. The van der Waals surface area contributed by atoms with Crippen LogP contribution in [0, 0.1) is 0 Å². The second-order valence-corrected chi connectivity index (χ2v) is 0.789. The fourth-order valence-corrected chi connectivity index (χ4v) is 0. The summed E-state index contributed by atoms with van der Waals surface area (Å²) in [7, 11) is 0. The maximum atomic E-state index is 4.44. The third kappa shape index (κ3) is 2.09. The van der Waals surface area contributed by atoms with Gasteiger partial charge >= 0.3 is 0 Å². The van der Waals surface area contributed by atoms with E-state index in [4.69, 9.17) is 0 Å². The van der Waals surface area contributed by atoms with Gasteiger partial charge in [0.15, 0.2) is 0 Å². The molecule has 0 spiro atoms. The predicted octanol–water partition coefficient (Wildman–Crippen LogP) is 1.37. The molecule has 0 fully saturated rings. The van der Waals surface area contributed by atoms with E-state index in [9.17, 15) is 0 Å². The molecule has 0 aliphatic carbocycles. The summed E-state index contributed by atoms with van der Waals surface area (Å²) in [4.78, 5) is 0. The van der Waals surface area contributed by atoms with E-state index in [1.807, 2.05) is 0 Å². The molecule has 0 N–H and O–H groups in total. The first kappa shape index (κ1) is 4.09. The van der Waals surface area contributed by atoms with Crippen molar-refractivity contribution in [2.45, 2.75) is 0 Å². The average Bonchev–Trinajstić information content (AvgIpc) is 1.37. The normalized spacial score (nSPS) is 6.25. The molecule has 1 radical (unpaired) electrons. The fraction of sp³-hybridized carbons (Fsp3) is 0.333. The first-order valence-corrected chi connectivity index (χ1v) is 1.68. The lowest BCUT2D eigenvalue weighted by Gasteiger charge is -1.55. The van der Waals surface area contributed by atoms with Crippen molar-refractivity contribution in [1.29, 1.82) is 0 Å². The molecule has 0 aliphatic rings. The standard InChI is InChI=1S/C3H5S/c1-2-3-4/h2H,1,3H2/i3+2. The Labute approximate surface area is 31.9 Å². The summed E-state index contributed by atoms with van der Waals surface area (Å²) in [6, 6.07) is 0. The number of hydrogen-bond donors (Lipinski definition) is 0. The van der Waals surface area contributed by atoms with Gasteiger partial charge in [0.1, 0.15) is 0 Å². The van der Waals surface area contributed by atoms with E-state index in [0.717, 1.165) is 0 Å². The van der Waals surface area contributed by atoms with E-state index in [1.165, 1.54) is 0 Å². The monoisotopic (exact) mass is 75.0 g/mol. The van der Waals surface area contributed by atoms with Gasteiger partial charge in [-0.2, -0.15) is 0 Å². The van der Waals surface area contributed by atoms with Crippen LogP contribution >= 0.6 is 12.6 Å². The molecule has 0 aromatic carbocycles. The van der Waals surface area contributed by atoms with E-state index >= 15 is 0 Å². The van der Waals surface area contributed by atoms with Gasteiger partial charge in [-0.15, -0.1) is 6.58 Å². The Kier molecular flexibility index (Phi) is 3.16. The summed E-state index contributed by atoms with van der Waals surface area (Å²) in [5.41, 5.74) is 0. The quantitative estimate of drug-likeness (QED) is 0.413. The van der Waals surface area contributed by atoms with Crippen LogP contribution in [0.15, 0.2) is 12.7 Å². The molecule has 0 bridgehead atoms. The van der Waals surface area contributed by atoms with E-state index in [-0.39, 0.29) is 0 Å². The van der Waals surface area contributed by atoms with Crippen LogP contribution in [0.2, 0.25) is 0 Å². The van der Waals surface area contributed by atoms with Gasteiger partial charge < -0.3 is 0 Å². The van der Waals surface area contributed by atoms with Gasteiger partial charge in [0.2, 0.25) is 0 Å². The first-order chi connectivity index (χ1) is 1.91. The summed E-state index contributed by atoms with van der Waals surface area (Å²) in [6.07, 6.45) is 1.69. The SMILES string of the molecule is C=C[14CH2][S]. The zero-order valence-corrected chi connectivity index (χ0v) is 3.22. The fourth-order valence-electron chi connectivity index (χ4n) is 0. The van der Waals surface area contributed by atoms with Gasteiger partial charge in [0, 0.05) is 5.75 Å². The van der Waals surface area contributed by atoms with Gasteiger partial charge in [-0.1, -0.05) is 18.7 Å². The molecule has 0 unspecified atom stereocenters. The molecule has 0 rings (SSSR count). The summed E-state index contributed by atoms with van der Waals surface area (Å²) in [5, 5.41) is 0. The molecule has 0 aliphatic heterocycles. The topological polar surface area (TPSA) is 0 Å². The second-order valence-electron chi connectivity index (χ2n) is 0.455. The van der Waals surface area contributed by atoms with Crippen LogP contribution in [-0.4, -0.2) is 5.75 Å². The number of hydrogen-bond acceptors (Lipinski definition) is 0. The average molecular weight is 75.1 g/mol. The van der Waals surface area contributed by atoms with Gasteiger partial charge in [0.25, 0.3) is 0 Å². The molecule has 23 valence electrons. The van der Waals surface area contributed by atoms with E-state index < -0.39 is 0 Å². The van der Waals surface area contributed by atoms with Crippen molar-refractivity contribution in [2.75, 3.05) is 5.75 Å². The molecule has 0 aromatic heterocycles. The van der Waals surface area contributed by atoms with Crippen LogP contribution in [0.4, 0.5) is 0 Å². The first-order valence-electron chi connectivity index (χ1n) is 1.11. The van der Waals surface area contributed by atoms with Crippen molar-refractivity contribution < 1.29 is 0 Å². The van der Waals surface area contributed by atoms with Gasteiger partial charge in [-0.3, -0.25) is 0 Å². The van der Waals surface area contributed by atoms with Crippen LogP contribution in [0.1, 0.15) is 0 Å². The molecule has 0 atom stereocenters. The van der Waals surface area contributed by atoms with Crippen molar-refractivity contribution in [1.82, 2.24) is 0 Å². The maximum absolute atomic E-state index is 4.44. The largest absolute Gasteiger partial charge is 0.102 e. The highest BCUT2D eigenvalue weighted by molar-refractivity contribution is 7.80. The van der Waals surface area contributed by atoms with E-state index in [1.54, 1.807) is 6.08 Å². The molecular formula is C3H5S. The molecule has 1 heteroatoms. The highest BCUT2D eigenvalue weighted by atomic mass is 32.1. The van der Waals surface area contributed by atoms with Gasteiger partial charge in [-0.05, 0) is 0 Å². The Hall–Kier alpha value is 0.0900. The molecule has 0 saturated carbocycles. The van der Waals surface area contributed by atoms with Gasteiger partial charge in [-0.25, -0.2) is 0 Å². The maximum Gasteiger partial charge on any atom is 0.0215 e. The van der Waals surface area contributed by atoms with Crippen LogP contribution in [0.25, 0.3) is 0 Å². The van der Waals surface area contributed by atoms with Crippen LogP contribution in [0.5, 0.6) is 0 Å². The predicted molar refractivity (Wildman–Crippen MR) is 22.7 cm³/mol. The van der Waals surface area contributed by atoms with Crippen LogP contribution in [0.3, 0.4) is 0 Å². The van der Waals surface area contributed by atoms with Crippen LogP contribution < -0.4 is 0 Å². The Bertz CT molecular complexity index is 17.2. The minimum Gasteiger partial charge on any atom is -0.102 e. The van der Waals surface area contributed by atoms with E-state index in [2.05, 4.69) is 19.2 Å². The van der Waals surface area contributed by atoms with Gasteiger partial charge in [0.05, 0.1) is 0 Å². The van der Waals surface area contributed by atoms with Crippen molar-refractivity contribution in [3.05, 3.63) is 12.7 Å². The van der Waals surface area contributed by atoms with Crippen LogP contribution in [-0.2, 0) is 0 Å². The highest BCUT2D eigenvalue weighted by Crippen LogP contribution is 1.65. The summed E-state index contributed by atoms with van der Waals surface area (Å²) < 4.78 is 0. The third-order valence-corrected chi connectivity index (χ3v) is 0.354. The smallest absolute Gasteiger partial charge is 0.0215 e. The molecule has 0 amide bonds. The highest BCUT2D eigenvalue weighted by Gasteiger charge is 1.47. The Morgan fingerprint density at radius 3 is 2.25 bits per heavy atom. The molecular weight excluding hydrogens is 70.1 g/mol. The lowest BCUT2D eigenvalue weighted by Crippen LogP contribution is -1.45. The zero-order valence-electron chi connectivity index (χ0n) is 2.40. The van der Waals surface area contributed by atoms with Crippen molar-refractivity contribution in [2.24, 2.45) is 0 Å². The van der Waals surface area contributed by atoms with Crippen molar-refractivity contribution in [3.63, 3.8) is 0 Å². The zero-order chi connectivity index (χ0) is 3.41. The Morgan fingerprint density at radius 2 is 2.25 bits per heavy atom. The Balaban J connectivity index is 2.30. The molecule has 0 heterocycles. The molecule has 0 aromatic rings. The molecule has 4 heavy (non-hydrogen) atoms. The lowest BCUT2D eigenvalue weighted by molar-refractivity contribution is 1.85. The Morgan fingerprint density at radius 1 is 2.00 bits per heavy atom. The summed E-state index contributed by atoms with van der Waals surface area (Å²) in [5.74, 6) is 0.667.